The molecule has 0 unspecified atom stereocenters. The number of anilines is 1. The lowest BCUT2D eigenvalue weighted by atomic mass is 10.2. The highest BCUT2D eigenvalue weighted by Gasteiger charge is 2.08. The molecule has 0 saturated heterocycles. The Labute approximate surface area is 115 Å². The maximum absolute atomic E-state index is 8.78. The molecule has 0 saturated carbocycles. The van der Waals surface area contributed by atoms with Crippen LogP contribution < -0.4 is 10.5 Å². The van der Waals surface area contributed by atoms with Crippen LogP contribution in [0.4, 0.5) is 5.69 Å². The maximum atomic E-state index is 8.78. The number of ether oxygens (including phenoxy) is 1. The summed E-state index contributed by atoms with van der Waals surface area (Å²) in [6.45, 7) is 1.91. The third kappa shape index (κ3) is 2.15. The molecular weight excluding hydrogens is 252 g/mol. The van der Waals surface area contributed by atoms with Crippen LogP contribution >= 0.6 is 0 Å². The first-order chi connectivity index (χ1) is 9.65. The fourth-order valence-corrected chi connectivity index (χ4v) is 2.01. The van der Waals surface area contributed by atoms with Crippen LogP contribution in [0.5, 0.6) is 11.5 Å². The number of pyridine rings is 1. The van der Waals surface area contributed by atoms with Crippen molar-refractivity contribution in [3.63, 3.8) is 0 Å². The summed E-state index contributed by atoms with van der Waals surface area (Å²) in [5.41, 5.74) is 8.65. The molecule has 2 aromatic heterocycles. The number of fused-ring (bicyclic) bond motifs is 1. The molecule has 1 aromatic carbocycles. The summed E-state index contributed by atoms with van der Waals surface area (Å²) < 4.78 is 7.65. The highest BCUT2D eigenvalue weighted by atomic mass is 16.5. The molecule has 0 aliphatic carbocycles. The van der Waals surface area contributed by atoms with E-state index >= 15 is 0 Å². The van der Waals surface area contributed by atoms with E-state index in [2.05, 4.69) is 11.1 Å². The average molecular weight is 264 g/mol. The summed E-state index contributed by atoms with van der Waals surface area (Å²) in [5, 5.41) is 8.78. The minimum absolute atomic E-state index is 0.586. The molecule has 98 valence electrons. The molecular formula is C15H12N4O. The van der Waals surface area contributed by atoms with Crippen molar-refractivity contribution < 1.29 is 4.74 Å². The Kier molecular flexibility index (Phi) is 2.77. The van der Waals surface area contributed by atoms with E-state index in [0.29, 0.717) is 28.4 Å². The van der Waals surface area contributed by atoms with Gasteiger partial charge in [-0.25, -0.2) is 4.98 Å². The molecule has 0 aliphatic rings. The summed E-state index contributed by atoms with van der Waals surface area (Å²) in [7, 11) is 0. The molecule has 3 aromatic rings. The Hall–Kier alpha value is -3.00. The van der Waals surface area contributed by atoms with Gasteiger partial charge in [-0.3, -0.25) is 0 Å². The lowest BCUT2D eigenvalue weighted by Crippen LogP contribution is -1.94. The summed E-state index contributed by atoms with van der Waals surface area (Å²) in [5.74, 6) is 1.22. The van der Waals surface area contributed by atoms with E-state index in [4.69, 9.17) is 15.7 Å². The minimum atomic E-state index is 0.586. The van der Waals surface area contributed by atoms with Gasteiger partial charge in [0.1, 0.15) is 5.75 Å². The smallest absolute Gasteiger partial charge is 0.180 e. The van der Waals surface area contributed by atoms with Crippen LogP contribution in [-0.2, 0) is 0 Å². The van der Waals surface area contributed by atoms with Crippen molar-refractivity contribution >= 4 is 11.3 Å². The Balaban J connectivity index is 2.03. The molecule has 0 fully saturated rings. The van der Waals surface area contributed by atoms with Crippen LogP contribution in [0.1, 0.15) is 11.3 Å². The van der Waals surface area contributed by atoms with Crippen LogP contribution in [0.2, 0.25) is 0 Å². The normalized spacial score (nSPS) is 10.4. The van der Waals surface area contributed by atoms with Gasteiger partial charge in [0.05, 0.1) is 23.0 Å². The molecule has 0 bridgehead atoms. The minimum Gasteiger partial charge on any atom is -0.453 e. The molecule has 2 N–H and O–H groups in total. The summed E-state index contributed by atoms with van der Waals surface area (Å²) >= 11 is 0. The zero-order chi connectivity index (χ0) is 14.1. The van der Waals surface area contributed by atoms with Crippen molar-refractivity contribution in [3.8, 4) is 17.6 Å². The Morgan fingerprint density at radius 3 is 2.70 bits per heavy atom. The number of nitrogens with zero attached hydrogens (tertiary/aromatic N) is 3. The predicted molar refractivity (Wildman–Crippen MR) is 75.6 cm³/mol. The number of aromatic nitrogens is 2. The van der Waals surface area contributed by atoms with Crippen LogP contribution in [0.15, 0.2) is 42.7 Å². The summed E-state index contributed by atoms with van der Waals surface area (Å²) in [4.78, 5) is 4.41. The lowest BCUT2D eigenvalue weighted by Gasteiger charge is -2.08. The second-order valence-corrected chi connectivity index (χ2v) is 4.49. The van der Waals surface area contributed by atoms with E-state index in [0.717, 1.165) is 5.69 Å². The molecule has 0 atom stereocenters. The number of rotatable bonds is 2. The largest absolute Gasteiger partial charge is 0.453 e. The number of nitriles is 1. The molecule has 0 spiro atoms. The van der Waals surface area contributed by atoms with Crippen molar-refractivity contribution in [2.75, 3.05) is 5.73 Å². The first-order valence-electron chi connectivity index (χ1n) is 6.08. The van der Waals surface area contributed by atoms with Gasteiger partial charge in [0.25, 0.3) is 0 Å². The quantitative estimate of drug-likeness (QED) is 0.772. The van der Waals surface area contributed by atoms with Gasteiger partial charge in [-0.15, -0.1) is 0 Å². The van der Waals surface area contributed by atoms with E-state index in [1.165, 1.54) is 0 Å². The molecule has 0 aliphatic heterocycles. The SMILES string of the molecule is Cc1cn2cc(N)cc(Oc3ccc(C#N)cc3)c2n1. The first kappa shape index (κ1) is 12.1. The molecule has 0 amide bonds. The van der Waals surface area contributed by atoms with Crippen LogP contribution in [-0.4, -0.2) is 9.38 Å². The fourth-order valence-electron chi connectivity index (χ4n) is 2.01. The van der Waals surface area contributed by atoms with Crippen LogP contribution in [0.25, 0.3) is 5.65 Å². The van der Waals surface area contributed by atoms with E-state index in [9.17, 15) is 0 Å². The molecule has 20 heavy (non-hydrogen) atoms. The number of hydrogen-bond donors (Lipinski definition) is 1. The van der Waals surface area contributed by atoms with Crippen LogP contribution in [0, 0.1) is 18.3 Å². The number of aryl methyl sites for hydroxylation is 1. The number of imidazole rings is 1. The van der Waals surface area contributed by atoms with Gasteiger partial charge >= 0.3 is 0 Å². The first-order valence-corrected chi connectivity index (χ1v) is 6.08. The molecule has 5 heteroatoms. The molecule has 3 rings (SSSR count). The zero-order valence-electron chi connectivity index (χ0n) is 10.9. The molecule has 0 radical (unpaired) electrons. The van der Waals surface area contributed by atoms with E-state index in [1.54, 1.807) is 36.5 Å². The van der Waals surface area contributed by atoms with E-state index in [-0.39, 0.29) is 0 Å². The van der Waals surface area contributed by atoms with Gasteiger partial charge in [-0.2, -0.15) is 5.26 Å². The summed E-state index contributed by atoms with van der Waals surface area (Å²) in [6, 6.07) is 10.7. The van der Waals surface area contributed by atoms with Gasteiger partial charge in [0.15, 0.2) is 11.4 Å². The maximum Gasteiger partial charge on any atom is 0.180 e. The zero-order valence-corrected chi connectivity index (χ0v) is 10.9. The molecule has 5 nitrogen and oxygen atoms in total. The van der Waals surface area contributed by atoms with Gasteiger partial charge in [0, 0.05) is 18.5 Å². The third-order valence-corrected chi connectivity index (χ3v) is 2.87. The number of nitrogens with two attached hydrogens (primary N) is 1. The van der Waals surface area contributed by atoms with Crippen molar-refractivity contribution in [2.24, 2.45) is 0 Å². The van der Waals surface area contributed by atoms with E-state index < -0.39 is 0 Å². The Morgan fingerprint density at radius 1 is 1.25 bits per heavy atom. The topological polar surface area (TPSA) is 76.3 Å². The van der Waals surface area contributed by atoms with Crippen molar-refractivity contribution in [2.45, 2.75) is 6.92 Å². The Morgan fingerprint density at radius 2 is 2.00 bits per heavy atom. The number of nitrogen functional groups attached to an aromatic ring is 1. The monoisotopic (exact) mass is 264 g/mol. The second-order valence-electron chi connectivity index (χ2n) is 4.49. The number of benzene rings is 1. The lowest BCUT2D eigenvalue weighted by molar-refractivity contribution is 0.485. The highest BCUT2D eigenvalue weighted by Crippen LogP contribution is 2.28. The van der Waals surface area contributed by atoms with Gasteiger partial charge in [-0.1, -0.05) is 0 Å². The second kappa shape index (κ2) is 4.59. The van der Waals surface area contributed by atoms with Crippen molar-refractivity contribution in [1.82, 2.24) is 9.38 Å². The van der Waals surface area contributed by atoms with Gasteiger partial charge < -0.3 is 14.9 Å². The van der Waals surface area contributed by atoms with Gasteiger partial charge in [0.2, 0.25) is 0 Å². The average Bonchev–Trinajstić information content (AvgIpc) is 2.80. The predicted octanol–water partition coefficient (Wildman–Crippen LogP) is 2.89. The third-order valence-electron chi connectivity index (χ3n) is 2.87. The Bertz CT molecular complexity index is 812. The van der Waals surface area contributed by atoms with Crippen molar-refractivity contribution in [3.05, 3.63) is 54.0 Å². The van der Waals surface area contributed by atoms with Crippen molar-refractivity contribution in [1.29, 1.82) is 5.26 Å². The van der Waals surface area contributed by atoms with E-state index in [1.807, 2.05) is 17.5 Å². The van der Waals surface area contributed by atoms with Crippen LogP contribution in [0.3, 0.4) is 0 Å². The summed E-state index contributed by atoms with van der Waals surface area (Å²) in [6.07, 6.45) is 3.68. The highest BCUT2D eigenvalue weighted by molar-refractivity contribution is 5.61. The standard InChI is InChI=1S/C15H12N4O/c1-10-8-19-9-12(17)6-14(15(19)18-10)20-13-4-2-11(7-16)3-5-13/h2-6,8-9H,17H2,1H3. The van der Waals surface area contributed by atoms with Gasteiger partial charge in [-0.05, 0) is 31.2 Å². The molecule has 2 heterocycles. The number of hydrogen-bond acceptors (Lipinski definition) is 4. The fraction of sp³-hybridized carbons (Fsp3) is 0.0667.